The lowest BCUT2D eigenvalue weighted by Crippen LogP contribution is -2.44. The number of nitrogens with zero attached hydrogens (tertiary/aromatic N) is 2. The molecule has 3 aromatic rings. The first-order valence-corrected chi connectivity index (χ1v) is 10.9. The second-order valence-electron chi connectivity index (χ2n) is 6.80. The Morgan fingerprint density at radius 2 is 2.03 bits per heavy atom. The van der Waals surface area contributed by atoms with E-state index in [1.807, 2.05) is 13.0 Å². The molecule has 32 heavy (non-hydrogen) atoms. The van der Waals surface area contributed by atoms with E-state index in [4.69, 9.17) is 28.2 Å². The second kappa shape index (κ2) is 9.01. The van der Waals surface area contributed by atoms with Gasteiger partial charge in [0.1, 0.15) is 11.5 Å². The summed E-state index contributed by atoms with van der Waals surface area (Å²) in [5, 5.41) is 10.6. The number of hydrogen-bond acceptors (Lipinski definition) is 6. The highest BCUT2D eigenvalue weighted by Crippen LogP contribution is 2.33. The highest BCUT2D eigenvalue weighted by atomic mass is 35.5. The quantitative estimate of drug-likeness (QED) is 0.402. The van der Waals surface area contributed by atoms with Crippen LogP contribution in [-0.2, 0) is 4.79 Å². The molecule has 2 heterocycles. The van der Waals surface area contributed by atoms with Gasteiger partial charge in [0.2, 0.25) is 0 Å². The lowest BCUT2D eigenvalue weighted by molar-refractivity contribution is -0.123. The Balaban J connectivity index is 1.54. The molecule has 0 aliphatic carbocycles. The Kier molecular flexibility index (Phi) is 6.15. The molecule has 1 saturated heterocycles. The number of nitrogens with one attached hydrogen (secondary N) is 1. The molecule has 4 rings (SSSR count). The summed E-state index contributed by atoms with van der Waals surface area (Å²) in [6.45, 7) is 1.86. The molecule has 0 radical (unpaired) electrons. The zero-order chi connectivity index (χ0) is 22.8. The van der Waals surface area contributed by atoms with Gasteiger partial charge in [-0.3, -0.25) is 15.0 Å². The fourth-order valence-corrected chi connectivity index (χ4v) is 4.51. The van der Waals surface area contributed by atoms with Crippen molar-refractivity contribution in [2.24, 2.45) is 0 Å². The van der Waals surface area contributed by atoms with E-state index in [1.165, 1.54) is 0 Å². The van der Waals surface area contributed by atoms with Gasteiger partial charge in [-0.05, 0) is 61.1 Å². The molecule has 0 spiro atoms. The van der Waals surface area contributed by atoms with Crippen molar-refractivity contribution in [3.63, 3.8) is 0 Å². The van der Waals surface area contributed by atoms with Crippen LogP contribution in [0.1, 0.15) is 27.2 Å². The molecule has 2 aromatic carbocycles. The van der Waals surface area contributed by atoms with Crippen molar-refractivity contribution in [1.29, 1.82) is 5.26 Å². The molecule has 0 bridgehead atoms. The van der Waals surface area contributed by atoms with Gasteiger partial charge in [-0.1, -0.05) is 41.6 Å². The predicted octanol–water partition coefficient (Wildman–Crippen LogP) is 5.33. The summed E-state index contributed by atoms with van der Waals surface area (Å²) < 4.78 is 5.99. The van der Waals surface area contributed by atoms with Crippen LogP contribution < -0.4 is 5.43 Å². The molecule has 1 N–H and O–H groups in total. The predicted molar refractivity (Wildman–Crippen MR) is 128 cm³/mol. The summed E-state index contributed by atoms with van der Waals surface area (Å²) in [6, 6.07) is 17.6. The lowest BCUT2D eigenvalue weighted by Gasteiger charge is -2.16. The number of furan rings is 1. The maximum absolute atomic E-state index is 12.8. The standard InChI is InChI=1S/C23H14ClN3O3S2/c1-13-6-8-17(18(24)10-13)21(28)26-27-22(29)20(32-23(27)31)11-15-7-9-19(30-15)16-5-3-2-4-14(16)12-25/h2-11H,1H3,(H,26,28)/b20-11+. The molecule has 6 nitrogen and oxygen atoms in total. The van der Waals surface area contributed by atoms with Gasteiger partial charge in [0.25, 0.3) is 11.8 Å². The molecule has 158 valence electrons. The minimum Gasteiger partial charge on any atom is -0.457 e. The number of halogens is 1. The molecule has 1 aliphatic heterocycles. The van der Waals surface area contributed by atoms with Gasteiger partial charge in [-0.2, -0.15) is 10.3 Å². The number of aryl methyl sites for hydroxylation is 1. The molecule has 0 unspecified atom stereocenters. The minimum atomic E-state index is -0.541. The molecule has 9 heteroatoms. The topological polar surface area (TPSA) is 86.3 Å². The molecule has 2 amide bonds. The maximum atomic E-state index is 12.8. The van der Waals surface area contributed by atoms with Crippen LogP contribution in [0.3, 0.4) is 0 Å². The monoisotopic (exact) mass is 479 g/mol. The SMILES string of the molecule is Cc1ccc(C(=O)NN2C(=O)/C(=C\c3ccc(-c4ccccc4C#N)o3)SC2=S)c(Cl)c1. The number of carbonyl (C=O) groups is 2. The Morgan fingerprint density at radius 3 is 2.78 bits per heavy atom. The number of thioether (sulfide) groups is 1. The normalized spacial score (nSPS) is 14.7. The van der Waals surface area contributed by atoms with Crippen molar-refractivity contribution < 1.29 is 14.0 Å². The first-order chi connectivity index (χ1) is 15.4. The molecule has 0 saturated carbocycles. The first kappa shape index (κ1) is 21.8. The van der Waals surface area contributed by atoms with E-state index in [9.17, 15) is 14.9 Å². The number of hydrogen-bond donors (Lipinski definition) is 1. The highest BCUT2D eigenvalue weighted by Gasteiger charge is 2.34. The zero-order valence-electron chi connectivity index (χ0n) is 16.6. The van der Waals surface area contributed by atoms with Gasteiger partial charge >= 0.3 is 0 Å². The molecule has 1 aromatic heterocycles. The van der Waals surface area contributed by atoms with Gasteiger partial charge in [0.05, 0.1) is 27.1 Å². The largest absolute Gasteiger partial charge is 0.457 e. The number of hydrazine groups is 1. The van der Waals surface area contributed by atoms with E-state index in [0.717, 1.165) is 22.3 Å². The van der Waals surface area contributed by atoms with Crippen molar-refractivity contribution in [2.75, 3.05) is 0 Å². The summed E-state index contributed by atoms with van der Waals surface area (Å²) in [5.74, 6) is -0.0970. The number of rotatable bonds is 4. The van der Waals surface area contributed by atoms with Gasteiger partial charge in [-0.15, -0.1) is 0 Å². The Labute approximate surface area is 198 Å². The summed E-state index contributed by atoms with van der Waals surface area (Å²) >= 11 is 12.4. The first-order valence-electron chi connectivity index (χ1n) is 9.32. The fourth-order valence-electron chi connectivity index (χ4n) is 3.03. The number of benzene rings is 2. The minimum absolute atomic E-state index is 0.180. The Hall–Kier alpha value is -3.38. The van der Waals surface area contributed by atoms with Gasteiger partial charge in [0.15, 0.2) is 4.32 Å². The van der Waals surface area contributed by atoms with E-state index in [0.29, 0.717) is 27.6 Å². The zero-order valence-corrected chi connectivity index (χ0v) is 19.0. The number of carbonyl (C=O) groups excluding carboxylic acids is 2. The van der Waals surface area contributed by atoms with Crippen LogP contribution in [0, 0.1) is 18.3 Å². The summed E-state index contributed by atoms with van der Waals surface area (Å²) in [5.41, 5.74) is 4.80. The van der Waals surface area contributed by atoms with Gasteiger partial charge in [-0.25, -0.2) is 0 Å². The van der Waals surface area contributed by atoms with Crippen molar-refractivity contribution in [3.05, 3.63) is 87.0 Å². The molecule has 0 atom stereocenters. The smallest absolute Gasteiger partial charge is 0.285 e. The van der Waals surface area contributed by atoms with Crippen LogP contribution in [0.25, 0.3) is 17.4 Å². The van der Waals surface area contributed by atoms with Crippen molar-refractivity contribution >= 4 is 57.8 Å². The van der Waals surface area contributed by atoms with Crippen molar-refractivity contribution in [2.45, 2.75) is 6.92 Å². The van der Waals surface area contributed by atoms with Crippen LogP contribution in [0.5, 0.6) is 0 Å². The second-order valence-corrected chi connectivity index (χ2v) is 8.88. The number of nitriles is 1. The number of amides is 2. The third-order valence-electron chi connectivity index (χ3n) is 4.59. The van der Waals surface area contributed by atoms with Crippen LogP contribution in [0.15, 0.2) is 63.9 Å². The fraction of sp³-hybridized carbons (Fsp3) is 0.0435. The summed E-state index contributed by atoms with van der Waals surface area (Å²) in [6.07, 6.45) is 1.54. The third kappa shape index (κ3) is 4.32. The van der Waals surface area contributed by atoms with Crippen LogP contribution >= 0.6 is 35.6 Å². The van der Waals surface area contributed by atoms with Crippen molar-refractivity contribution in [1.82, 2.24) is 10.4 Å². The summed E-state index contributed by atoms with van der Waals surface area (Å²) in [7, 11) is 0. The van der Waals surface area contributed by atoms with E-state index in [2.05, 4.69) is 11.5 Å². The van der Waals surface area contributed by atoms with Crippen LogP contribution in [0.4, 0.5) is 0 Å². The molecule has 1 aliphatic rings. The highest BCUT2D eigenvalue weighted by molar-refractivity contribution is 8.26. The molecular formula is C23H14ClN3O3S2. The molecule has 1 fully saturated rings. The molecular weight excluding hydrogens is 466 g/mol. The van der Waals surface area contributed by atoms with E-state index in [-0.39, 0.29) is 14.9 Å². The Bertz CT molecular complexity index is 1340. The maximum Gasteiger partial charge on any atom is 0.285 e. The van der Waals surface area contributed by atoms with E-state index < -0.39 is 11.8 Å². The average molecular weight is 480 g/mol. The van der Waals surface area contributed by atoms with E-state index >= 15 is 0 Å². The van der Waals surface area contributed by atoms with Crippen LogP contribution in [0.2, 0.25) is 5.02 Å². The Morgan fingerprint density at radius 1 is 1.25 bits per heavy atom. The lowest BCUT2D eigenvalue weighted by atomic mass is 10.1. The van der Waals surface area contributed by atoms with Gasteiger partial charge in [0, 0.05) is 11.6 Å². The van der Waals surface area contributed by atoms with Gasteiger partial charge < -0.3 is 4.42 Å². The third-order valence-corrected chi connectivity index (χ3v) is 6.20. The van der Waals surface area contributed by atoms with E-state index in [1.54, 1.807) is 54.6 Å². The van der Waals surface area contributed by atoms with Crippen molar-refractivity contribution in [3.8, 4) is 17.4 Å². The van der Waals surface area contributed by atoms with Crippen LogP contribution in [-0.4, -0.2) is 21.1 Å². The summed E-state index contributed by atoms with van der Waals surface area (Å²) in [4.78, 5) is 25.7. The average Bonchev–Trinajstić information content (AvgIpc) is 3.34. The number of thiocarbonyl (C=S) groups is 1.